The topological polar surface area (TPSA) is 276 Å². The zero-order valence-electron chi connectivity index (χ0n) is 41.1. The predicted molar refractivity (Wildman–Crippen MR) is 266 cm³/mol. The number of unbranched alkanes of at least 4 members (excludes halogenated alkanes) is 11. The lowest BCUT2D eigenvalue weighted by atomic mass is 10.0. The molecule has 0 aromatic heterocycles. The third kappa shape index (κ3) is 24.2. The van der Waals surface area contributed by atoms with Crippen molar-refractivity contribution in [2.45, 2.75) is 167 Å². The van der Waals surface area contributed by atoms with E-state index in [4.69, 9.17) is 10.5 Å². The number of amides is 6. The first-order valence-electron chi connectivity index (χ1n) is 24.8. The Bertz CT molecular complexity index is 2070. The molecule has 5 atom stereocenters. The zero-order valence-corrected chi connectivity index (χ0v) is 41.1. The van der Waals surface area contributed by atoms with Crippen molar-refractivity contribution in [3.63, 3.8) is 0 Å². The number of aliphatic hydroxyl groups is 1. The maximum absolute atomic E-state index is 13.3. The summed E-state index contributed by atoms with van der Waals surface area (Å²) in [6.07, 6.45) is 10.9. The second kappa shape index (κ2) is 32.3. The lowest BCUT2D eigenvalue weighted by Crippen LogP contribution is -2.57. The number of aromatic hydroxyl groups is 1. The van der Waals surface area contributed by atoms with Gasteiger partial charge in [-0.3, -0.25) is 28.8 Å². The first-order valence-corrected chi connectivity index (χ1v) is 24.8. The highest BCUT2D eigenvalue weighted by Crippen LogP contribution is 2.24. The summed E-state index contributed by atoms with van der Waals surface area (Å²) >= 11 is 0. The quantitative estimate of drug-likeness (QED) is 0.0314. The molecule has 0 heterocycles. The molecular weight excluding hydrogens is 897 g/mol. The van der Waals surface area contributed by atoms with Gasteiger partial charge in [-0.1, -0.05) is 121 Å². The number of hydrogen-bond donors (Lipinski definition) is 9. The van der Waals surface area contributed by atoms with Gasteiger partial charge in [0.25, 0.3) is 0 Å². The van der Waals surface area contributed by atoms with Crippen LogP contribution in [0.25, 0.3) is 0 Å². The number of aliphatic carboxylic acids is 1. The maximum atomic E-state index is 13.3. The smallest absolute Gasteiger partial charge is 0.326 e. The van der Waals surface area contributed by atoms with E-state index < -0.39 is 66.3 Å². The normalized spacial score (nSPS) is 13.2. The van der Waals surface area contributed by atoms with E-state index >= 15 is 0 Å². The van der Waals surface area contributed by atoms with Gasteiger partial charge in [0.1, 0.15) is 41.4 Å². The molecule has 0 fully saturated rings. The summed E-state index contributed by atoms with van der Waals surface area (Å²) in [4.78, 5) is 88.4. The molecule has 384 valence electrons. The number of benzene rings is 3. The molecule has 0 aliphatic heterocycles. The number of carbonyl (C=O) groups is 7. The number of carboxylic acids is 1. The van der Waals surface area contributed by atoms with Crippen LogP contribution in [-0.2, 0) is 46.4 Å². The minimum absolute atomic E-state index is 0.0366. The monoisotopic (exact) mass is 973 g/mol. The average Bonchev–Trinajstić information content (AvgIpc) is 3.31. The van der Waals surface area contributed by atoms with Crippen LogP contribution in [0.3, 0.4) is 0 Å². The van der Waals surface area contributed by atoms with Gasteiger partial charge in [-0.15, -0.1) is 0 Å². The molecule has 0 saturated carbocycles. The third-order valence-electron chi connectivity index (χ3n) is 11.6. The van der Waals surface area contributed by atoms with Gasteiger partial charge in [-0.25, -0.2) is 4.79 Å². The second-order valence-electron chi connectivity index (χ2n) is 18.4. The molecule has 17 heteroatoms. The van der Waals surface area contributed by atoms with Crippen molar-refractivity contribution in [1.29, 1.82) is 0 Å². The van der Waals surface area contributed by atoms with Crippen LogP contribution in [0.1, 0.15) is 135 Å². The molecule has 0 aliphatic rings. The number of hydrogen-bond acceptors (Lipinski definition) is 10. The zero-order chi connectivity index (χ0) is 51.3. The first kappa shape index (κ1) is 57.8. The summed E-state index contributed by atoms with van der Waals surface area (Å²) < 4.78 is 5.79. The van der Waals surface area contributed by atoms with Gasteiger partial charge >= 0.3 is 5.97 Å². The second-order valence-corrected chi connectivity index (χ2v) is 18.4. The molecule has 0 spiro atoms. The fourth-order valence-electron chi connectivity index (χ4n) is 7.78. The van der Waals surface area contributed by atoms with Gasteiger partial charge in [-0.2, -0.15) is 0 Å². The van der Waals surface area contributed by atoms with Crippen molar-refractivity contribution in [1.82, 2.24) is 26.6 Å². The summed E-state index contributed by atoms with van der Waals surface area (Å²) in [5.74, 6) is -3.10. The Morgan fingerprint density at radius 3 is 1.57 bits per heavy atom. The number of aliphatic hydroxyl groups excluding tert-OH is 1. The summed E-state index contributed by atoms with van der Waals surface area (Å²) in [5, 5.41) is 42.8. The number of phenolic OH excluding ortho intramolecular Hbond substituents is 1. The Morgan fingerprint density at radius 1 is 0.571 bits per heavy atom. The number of carboxylic acid groups (broad SMARTS) is 1. The number of nitrogens with two attached hydrogens (primary N) is 1. The number of nitrogens with one attached hydrogen (secondary N) is 5. The Hall–Kier alpha value is -6.49. The van der Waals surface area contributed by atoms with Crippen molar-refractivity contribution >= 4 is 41.4 Å². The Labute approximate surface area is 412 Å². The molecule has 0 aliphatic carbocycles. The van der Waals surface area contributed by atoms with E-state index in [0.717, 1.165) is 69.8 Å². The van der Waals surface area contributed by atoms with Crippen LogP contribution in [-0.4, -0.2) is 93.5 Å². The van der Waals surface area contributed by atoms with Crippen LogP contribution >= 0.6 is 0 Å². The van der Waals surface area contributed by atoms with Gasteiger partial charge in [0.15, 0.2) is 0 Å². The first-order chi connectivity index (χ1) is 33.5. The number of phenols is 1. The van der Waals surface area contributed by atoms with Crippen LogP contribution in [0, 0.1) is 5.92 Å². The Balaban J connectivity index is 1.24. The molecule has 3 rings (SSSR count). The van der Waals surface area contributed by atoms with Crippen molar-refractivity contribution in [3.05, 3.63) is 90.0 Å². The number of rotatable bonds is 35. The molecular formula is C53H76N6O11. The molecule has 17 nitrogen and oxygen atoms in total. The number of carbonyl (C=O) groups excluding carboxylic acids is 6. The van der Waals surface area contributed by atoms with Crippen LogP contribution in [0.4, 0.5) is 0 Å². The van der Waals surface area contributed by atoms with E-state index in [1.165, 1.54) is 6.92 Å². The Morgan fingerprint density at radius 2 is 1.07 bits per heavy atom. The van der Waals surface area contributed by atoms with E-state index in [1.54, 1.807) is 54.6 Å². The van der Waals surface area contributed by atoms with Gasteiger partial charge in [0.2, 0.25) is 35.4 Å². The highest BCUT2D eigenvalue weighted by Gasteiger charge is 2.31. The molecule has 0 saturated heterocycles. The highest BCUT2D eigenvalue weighted by atomic mass is 16.5. The summed E-state index contributed by atoms with van der Waals surface area (Å²) in [6, 6.07) is 18.1. The fraction of sp³-hybridized carbons (Fsp3) is 0.528. The molecule has 70 heavy (non-hydrogen) atoms. The van der Waals surface area contributed by atoms with Crippen molar-refractivity contribution in [3.8, 4) is 17.2 Å². The third-order valence-corrected chi connectivity index (χ3v) is 11.6. The van der Waals surface area contributed by atoms with Gasteiger partial charge < -0.3 is 52.4 Å². The van der Waals surface area contributed by atoms with Gasteiger partial charge in [0.05, 0.1) is 12.5 Å². The van der Waals surface area contributed by atoms with Crippen molar-refractivity contribution in [2.24, 2.45) is 11.7 Å². The molecule has 1 unspecified atom stereocenters. The summed E-state index contributed by atoms with van der Waals surface area (Å²) in [5.41, 5.74) is 6.99. The van der Waals surface area contributed by atoms with E-state index in [-0.39, 0.29) is 42.7 Å². The molecule has 0 radical (unpaired) electrons. The minimum atomic E-state index is -1.27. The van der Waals surface area contributed by atoms with Crippen molar-refractivity contribution in [2.75, 3.05) is 6.54 Å². The van der Waals surface area contributed by atoms with Gasteiger partial charge in [0, 0.05) is 25.8 Å². The molecule has 0 bridgehead atoms. The minimum Gasteiger partial charge on any atom is -0.508 e. The van der Waals surface area contributed by atoms with Crippen LogP contribution in [0.2, 0.25) is 0 Å². The SMILES string of the molecule is CC(C)C[C@H](NC(=O)[C@@H](NC(=O)CCCCCCCCCCCCCCC(=O)N[C@@H](CC(N)=O)C(=O)N[C@@H](Cc1ccccc1)C(=O)O)C(C)O)C(=O)NCCc1ccc(Oc2ccc(O)cc2)cc1. The average molecular weight is 973 g/mol. The largest absolute Gasteiger partial charge is 0.508 e. The lowest BCUT2D eigenvalue weighted by Gasteiger charge is -2.25. The number of primary amides is 1. The Kier molecular flexibility index (Phi) is 26.7. The molecule has 3 aromatic rings. The fourth-order valence-corrected chi connectivity index (χ4v) is 7.78. The molecule has 10 N–H and O–H groups in total. The number of ether oxygens (including phenoxy) is 1. The van der Waals surface area contributed by atoms with Crippen LogP contribution < -0.4 is 37.1 Å². The maximum Gasteiger partial charge on any atom is 0.326 e. The summed E-state index contributed by atoms with van der Waals surface area (Å²) in [6.45, 7) is 5.64. The predicted octanol–water partition coefficient (Wildman–Crippen LogP) is 5.87. The summed E-state index contributed by atoms with van der Waals surface area (Å²) in [7, 11) is 0. The highest BCUT2D eigenvalue weighted by molar-refractivity contribution is 5.94. The van der Waals surface area contributed by atoms with E-state index in [1.807, 2.05) is 38.1 Å². The van der Waals surface area contributed by atoms with Gasteiger partial charge in [-0.05, 0) is 86.1 Å². The standard InChI is InChI=1S/C53H76N6O11/c1-36(2)33-43(50(65)55-32-31-38-23-27-41(28-24-38)70-42-29-25-40(61)26-30-42)57-52(67)49(37(3)60)59-48(64)22-18-13-11-9-7-5-4-6-8-10-12-17-21-47(63)56-44(35-46(54)62)51(66)58-45(53(68)69)34-39-19-15-14-16-20-39/h14-16,19-20,23-30,36-37,43-45,49,60-61H,4-13,17-18,21-22,31-35H2,1-3H3,(H2,54,62)(H,55,65)(H,56,63)(H,57,67)(H,58,66)(H,59,64)(H,68,69)/t37?,43-,44-,45-,49-/m0/s1. The van der Waals surface area contributed by atoms with Crippen LogP contribution in [0.5, 0.6) is 17.2 Å². The molecule has 3 aromatic carbocycles. The van der Waals surface area contributed by atoms with E-state index in [9.17, 15) is 48.9 Å². The molecule has 6 amide bonds. The lowest BCUT2D eigenvalue weighted by molar-refractivity contribution is -0.142. The van der Waals surface area contributed by atoms with Crippen LogP contribution in [0.15, 0.2) is 78.9 Å². The van der Waals surface area contributed by atoms with E-state index in [2.05, 4.69) is 26.6 Å². The van der Waals surface area contributed by atoms with E-state index in [0.29, 0.717) is 49.3 Å². The van der Waals surface area contributed by atoms with Crippen molar-refractivity contribution < 1.29 is 53.6 Å².